The summed E-state index contributed by atoms with van der Waals surface area (Å²) < 4.78 is 0. The lowest BCUT2D eigenvalue weighted by atomic mass is 9.94. The molecule has 0 N–H and O–H groups in total. The second-order valence-corrected chi connectivity index (χ2v) is 7.27. The maximum absolute atomic E-state index is 12.7. The van der Waals surface area contributed by atoms with E-state index in [9.17, 15) is 4.79 Å². The first-order chi connectivity index (χ1) is 10.2. The van der Waals surface area contributed by atoms with E-state index in [4.69, 9.17) is 0 Å². The summed E-state index contributed by atoms with van der Waals surface area (Å²) in [7, 11) is 2.18. The van der Waals surface area contributed by atoms with Gasteiger partial charge >= 0.3 is 0 Å². The number of amides is 1. The van der Waals surface area contributed by atoms with Crippen molar-refractivity contribution in [3.05, 3.63) is 29.8 Å². The molecular weight excluding hydrogens is 280 g/mol. The second-order valence-electron chi connectivity index (χ2n) is 6.39. The summed E-state index contributed by atoms with van der Waals surface area (Å²) in [5, 5.41) is 0. The lowest BCUT2D eigenvalue weighted by Gasteiger charge is -2.36. The predicted molar refractivity (Wildman–Crippen MR) is 87.6 cm³/mol. The fourth-order valence-corrected chi connectivity index (χ4v) is 4.05. The average Bonchev–Trinajstić information content (AvgIpc) is 2.76. The van der Waals surface area contributed by atoms with E-state index in [0.717, 1.165) is 25.2 Å². The topological polar surface area (TPSA) is 23.6 Å². The van der Waals surface area contributed by atoms with Crippen LogP contribution in [0, 0.1) is 5.92 Å². The monoisotopic (exact) mass is 304 g/mol. The van der Waals surface area contributed by atoms with Gasteiger partial charge in [-0.25, -0.2) is 0 Å². The van der Waals surface area contributed by atoms with Crippen molar-refractivity contribution in [1.29, 1.82) is 0 Å². The molecule has 0 unspecified atom stereocenters. The van der Waals surface area contributed by atoms with Crippen molar-refractivity contribution in [3.8, 4) is 0 Å². The Morgan fingerprint density at radius 2 is 1.95 bits per heavy atom. The van der Waals surface area contributed by atoms with E-state index in [2.05, 4.69) is 47.4 Å². The lowest BCUT2D eigenvalue weighted by molar-refractivity contribution is -0.134. The summed E-state index contributed by atoms with van der Waals surface area (Å²) in [6.07, 6.45) is 5.07. The van der Waals surface area contributed by atoms with Crippen molar-refractivity contribution in [3.63, 3.8) is 0 Å². The molecule has 1 aromatic carbocycles. The highest BCUT2D eigenvalue weighted by molar-refractivity contribution is 7.98. The maximum atomic E-state index is 12.7. The summed E-state index contributed by atoms with van der Waals surface area (Å²) in [6.45, 7) is 3.13. The molecule has 0 radical (unpaired) electrons. The molecule has 3 nitrogen and oxygen atoms in total. The number of nitrogens with zero attached hydrogens (tertiary/aromatic N) is 2. The van der Waals surface area contributed by atoms with Gasteiger partial charge in [0.05, 0.1) is 6.42 Å². The zero-order valence-corrected chi connectivity index (χ0v) is 13.7. The SMILES string of the molecule is CSc1ccc(CC(=O)N2C[C@@H]3CC[C@H]2CN(C)C3)cc1. The molecule has 2 bridgehead atoms. The molecule has 0 spiro atoms. The normalized spacial score (nSPS) is 25.9. The van der Waals surface area contributed by atoms with E-state index in [1.54, 1.807) is 11.8 Å². The van der Waals surface area contributed by atoms with Gasteiger partial charge < -0.3 is 9.80 Å². The molecule has 21 heavy (non-hydrogen) atoms. The van der Waals surface area contributed by atoms with Crippen molar-refractivity contribution < 1.29 is 4.79 Å². The van der Waals surface area contributed by atoms with Gasteiger partial charge in [-0.15, -0.1) is 11.8 Å². The van der Waals surface area contributed by atoms with Gasteiger partial charge in [0.1, 0.15) is 0 Å². The summed E-state index contributed by atoms with van der Waals surface area (Å²) in [5.41, 5.74) is 1.13. The molecule has 0 aliphatic carbocycles. The van der Waals surface area contributed by atoms with Gasteiger partial charge in [-0.3, -0.25) is 4.79 Å². The van der Waals surface area contributed by atoms with Crippen LogP contribution in [0.15, 0.2) is 29.2 Å². The standard InChI is InChI=1S/C17H24N2OS/c1-18-10-14-3-6-15(12-18)19(11-14)17(20)9-13-4-7-16(21-2)8-5-13/h4-5,7-8,14-15H,3,6,9-12H2,1-2H3/t14-,15+/m1/s1. The Morgan fingerprint density at radius 3 is 2.67 bits per heavy atom. The molecule has 114 valence electrons. The molecule has 0 aromatic heterocycles. The third-order valence-corrected chi connectivity index (χ3v) is 5.47. The van der Waals surface area contributed by atoms with Gasteiger partial charge in [0, 0.05) is 30.6 Å². The minimum absolute atomic E-state index is 0.303. The highest BCUT2D eigenvalue weighted by atomic mass is 32.2. The van der Waals surface area contributed by atoms with Crippen LogP contribution in [0.5, 0.6) is 0 Å². The molecule has 0 saturated carbocycles. The van der Waals surface area contributed by atoms with E-state index >= 15 is 0 Å². The Kier molecular flexibility index (Phi) is 4.55. The highest BCUT2D eigenvalue weighted by Gasteiger charge is 2.35. The third kappa shape index (κ3) is 3.43. The molecule has 3 heterocycles. The number of benzene rings is 1. The molecular formula is C17H24N2OS. The summed E-state index contributed by atoms with van der Waals surface area (Å²) in [4.78, 5) is 18.5. The zero-order chi connectivity index (χ0) is 14.8. The van der Waals surface area contributed by atoms with Crippen molar-refractivity contribution in [2.45, 2.75) is 30.2 Å². The Balaban J connectivity index is 1.67. The van der Waals surface area contributed by atoms with Crippen molar-refractivity contribution in [1.82, 2.24) is 9.80 Å². The van der Waals surface area contributed by atoms with Crippen LogP contribution in [0.2, 0.25) is 0 Å². The van der Waals surface area contributed by atoms with Gasteiger partial charge in [0.2, 0.25) is 5.91 Å². The first-order valence-corrected chi connectivity index (χ1v) is 8.99. The summed E-state index contributed by atoms with van der Waals surface area (Å²) in [5.74, 6) is 0.966. The van der Waals surface area contributed by atoms with E-state index in [1.165, 1.54) is 17.7 Å². The molecule has 1 aromatic rings. The summed E-state index contributed by atoms with van der Waals surface area (Å²) in [6, 6.07) is 8.81. The largest absolute Gasteiger partial charge is 0.338 e. The number of fused-ring (bicyclic) bond motifs is 4. The fraction of sp³-hybridized carbons (Fsp3) is 0.588. The van der Waals surface area contributed by atoms with Crippen LogP contribution in [-0.4, -0.2) is 54.7 Å². The Bertz CT molecular complexity index is 502. The Hall–Kier alpha value is -1.00. The van der Waals surface area contributed by atoms with E-state index in [-0.39, 0.29) is 0 Å². The van der Waals surface area contributed by atoms with Crippen molar-refractivity contribution in [2.75, 3.05) is 32.9 Å². The first kappa shape index (κ1) is 14.9. The quantitative estimate of drug-likeness (QED) is 0.802. The van der Waals surface area contributed by atoms with Crippen LogP contribution >= 0.6 is 11.8 Å². The number of hydrogen-bond donors (Lipinski definition) is 0. The van der Waals surface area contributed by atoms with Crippen molar-refractivity contribution >= 4 is 17.7 Å². The van der Waals surface area contributed by atoms with E-state index < -0.39 is 0 Å². The highest BCUT2D eigenvalue weighted by Crippen LogP contribution is 2.28. The number of thioether (sulfide) groups is 1. The number of carbonyl (C=O) groups excluding carboxylic acids is 1. The number of likely N-dealkylation sites (N-methyl/N-ethyl adjacent to an activating group) is 1. The van der Waals surface area contributed by atoms with E-state index in [0.29, 0.717) is 24.3 Å². The van der Waals surface area contributed by atoms with Gasteiger partial charge in [-0.2, -0.15) is 0 Å². The molecule has 3 fully saturated rings. The molecule has 3 saturated heterocycles. The Morgan fingerprint density at radius 1 is 1.19 bits per heavy atom. The molecule has 3 aliphatic rings. The van der Waals surface area contributed by atoms with Crippen molar-refractivity contribution in [2.24, 2.45) is 5.92 Å². The lowest BCUT2D eigenvalue weighted by Crippen LogP contribution is -2.47. The molecule has 3 aliphatic heterocycles. The zero-order valence-electron chi connectivity index (χ0n) is 12.9. The molecule has 2 atom stereocenters. The van der Waals surface area contributed by atoms with Gasteiger partial charge in [0.15, 0.2) is 0 Å². The van der Waals surface area contributed by atoms with Gasteiger partial charge in [-0.05, 0) is 49.8 Å². The number of piperidine rings is 1. The minimum atomic E-state index is 0.303. The number of rotatable bonds is 3. The summed E-state index contributed by atoms with van der Waals surface area (Å²) >= 11 is 1.74. The number of carbonyl (C=O) groups is 1. The van der Waals surface area contributed by atoms with E-state index in [1.807, 2.05) is 0 Å². The maximum Gasteiger partial charge on any atom is 0.227 e. The van der Waals surface area contributed by atoms with Crippen LogP contribution in [0.4, 0.5) is 0 Å². The second kappa shape index (κ2) is 6.41. The average molecular weight is 304 g/mol. The first-order valence-electron chi connectivity index (χ1n) is 7.76. The van der Waals surface area contributed by atoms with Crippen LogP contribution < -0.4 is 0 Å². The molecule has 4 heteroatoms. The van der Waals surface area contributed by atoms with Crippen LogP contribution in [-0.2, 0) is 11.2 Å². The molecule has 4 rings (SSSR count). The fourth-order valence-electron chi connectivity index (χ4n) is 3.64. The van der Waals surface area contributed by atoms with Gasteiger partial charge in [-0.1, -0.05) is 12.1 Å². The predicted octanol–water partition coefficient (Wildman–Crippen LogP) is 2.50. The minimum Gasteiger partial charge on any atom is -0.338 e. The van der Waals surface area contributed by atoms with Crippen LogP contribution in [0.25, 0.3) is 0 Å². The van der Waals surface area contributed by atoms with Gasteiger partial charge in [0.25, 0.3) is 0 Å². The smallest absolute Gasteiger partial charge is 0.227 e. The molecule has 1 amide bonds. The Labute approximate surface area is 131 Å². The third-order valence-electron chi connectivity index (χ3n) is 4.73. The van der Waals surface area contributed by atoms with Crippen LogP contribution in [0.1, 0.15) is 18.4 Å². The van der Waals surface area contributed by atoms with Crippen LogP contribution in [0.3, 0.4) is 0 Å². The number of hydrogen-bond acceptors (Lipinski definition) is 3.